The van der Waals surface area contributed by atoms with Crippen molar-refractivity contribution in [3.63, 3.8) is 0 Å². The van der Waals surface area contributed by atoms with Gasteiger partial charge in [-0.3, -0.25) is 0 Å². The standard InChI is InChI=1S/C31H29N5O2/c1-21-9-7-10-23(19-21)29-28-13-8-18-34(28)30-27(22(2)33-36(30)25-11-5-4-6-12-25)20-35(29)31(37)32-24-14-16-26(38-3)17-15-24/h4-19,29H,20H2,1-3H3,(H,32,37)/t29-/m1/s1. The lowest BCUT2D eigenvalue weighted by atomic mass is 10.00. The Bertz CT molecular complexity index is 1600. The summed E-state index contributed by atoms with van der Waals surface area (Å²) in [6, 6.07) is 29.5. The van der Waals surface area contributed by atoms with Gasteiger partial charge in [-0.1, -0.05) is 48.0 Å². The van der Waals surface area contributed by atoms with Gasteiger partial charge in [-0.15, -0.1) is 0 Å². The van der Waals surface area contributed by atoms with E-state index in [1.54, 1.807) is 7.11 Å². The van der Waals surface area contributed by atoms with Crippen LogP contribution in [0.1, 0.15) is 34.1 Å². The van der Waals surface area contributed by atoms with Crippen molar-refractivity contribution in [3.05, 3.63) is 125 Å². The Morgan fingerprint density at radius 3 is 2.47 bits per heavy atom. The summed E-state index contributed by atoms with van der Waals surface area (Å²) < 4.78 is 9.43. The van der Waals surface area contributed by atoms with Crippen molar-refractivity contribution in [1.29, 1.82) is 0 Å². The highest BCUT2D eigenvalue weighted by Gasteiger charge is 2.36. The summed E-state index contributed by atoms with van der Waals surface area (Å²) in [6.07, 6.45) is 2.06. The molecule has 0 spiro atoms. The lowest BCUT2D eigenvalue weighted by Gasteiger charge is -2.31. The average Bonchev–Trinajstić information content (AvgIpc) is 3.50. The van der Waals surface area contributed by atoms with Crippen LogP contribution >= 0.6 is 0 Å². The fourth-order valence-electron chi connectivity index (χ4n) is 5.21. The molecule has 6 rings (SSSR count). The summed E-state index contributed by atoms with van der Waals surface area (Å²) in [6.45, 7) is 4.48. The highest BCUT2D eigenvalue weighted by atomic mass is 16.5. The molecule has 0 radical (unpaired) electrons. The van der Waals surface area contributed by atoms with Gasteiger partial charge in [0.1, 0.15) is 11.6 Å². The first-order chi connectivity index (χ1) is 18.5. The van der Waals surface area contributed by atoms with Gasteiger partial charge in [0.15, 0.2) is 0 Å². The van der Waals surface area contributed by atoms with Crippen LogP contribution in [-0.4, -0.2) is 32.4 Å². The topological polar surface area (TPSA) is 64.3 Å². The number of carbonyl (C=O) groups excluding carboxylic acids is 1. The Morgan fingerprint density at radius 1 is 0.947 bits per heavy atom. The van der Waals surface area contributed by atoms with Gasteiger partial charge in [-0.25, -0.2) is 9.48 Å². The molecule has 3 heterocycles. The minimum atomic E-state index is -0.306. The van der Waals surface area contributed by atoms with Crippen molar-refractivity contribution >= 4 is 11.7 Å². The van der Waals surface area contributed by atoms with E-state index in [2.05, 4.69) is 47.3 Å². The fraction of sp³-hybridized carbons (Fsp3) is 0.161. The zero-order valence-corrected chi connectivity index (χ0v) is 21.6. The van der Waals surface area contributed by atoms with Crippen molar-refractivity contribution < 1.29 is 9.53 Å². The number of nitrogens with zero attached hydrogens (tertiary/aromatic N) is 4. The average molecular weight is 504 g/mol. The van der Waals surface area contributed by atoms with Crippen molar-refractivity contribution in [2.75, 3.05) is 12.4 Å². The van der Waals surface area contributed by atoms with Crippen LogP contribution in [0, 0.1) is 13.8 Å². The molecule has 2 amide bonds. The molecule has 7 heteroatoms. The lowest BCUT2D eigenvalue weighted by molar-refractivity contribution is 0.194. The zero-order chi connectivity index (χ0) is 26.2. The van der Waals surface area contributed by atoms with Crippen LogP contribution in [0.5, 0.6) is 5.75 Å². The number of hydrogen-bond acceptors (Lipinski definition) is 3. The number of methoxy groups -OCH3 is 1. The second kappa shape index (κ2) is 9.59. The van der Waals surface area contributed by atoms with Crippen LogP contribution in [0.3, 0.4) is 0 Å². The highest BCUT2D eigenvalue weighted by Crippen LogP contribution is 2.39. The number of aryl methyl sites for hydroxylation is 2. The molecular formula is C31H29N5O2. The number of rotatable bonds is 4. The van der Waals surface area contributed by atoms with E-state index in [0.717, 1.165) is 45.3 Å². The maximum absolute atomic E-state index is 14.0. The molecule has 1 aliphatic rings. The molecule has 0 unspecified atom stereocenters. The molecule has 0 fully saturated rings. The predicted molar refractivity (Wildman–Crippen MR) is 148 cm³/mol. The minimum absolute atomic E-state index is 0.186. The largest absolute Gasteiger partial charge is 0.497 e. The SMILES string of the molecule is COc1ccc(NC(=O)N2Cc3c(C)nn(-c4ccccc4)c3-n3cccc3[C@H]2c2cccc(C)c2)cc1. The van der Waals surface area contributed by atoms with Crippen LogP contribution in [-0.2, 0) is 6.54 Å². The number of amides is 2. The van der Waals surface area contributed by atoms with Crippen LogP contribution in [0.2, 0.25) is 0 Å². The second-order valence-corrected chi connectivity index (χ2v) is 9.54. The Kier molecular flexibility index (Phi) is 5.96. The summed E-state index contributed by atoms with van der Waals surface area (Å²) >= 11 is 0. The quantitative estimate of drug-likeness (QED) is 0.308. The highest BCUT2D eigenvalue weighted by molar-refractivity contribution is 5.90. The molecule has 0 bridgehead atoms. The van der Waals surface area contributed by atoms with Crippen molar-refractivity contribution in [2.45, 2.75) is 26.4 Å². The number of para-hydroxylation sites is 1. The van der Waals surface area contributed by atoms with Crippen LogP contribution < -0.4 is 10.1 Å². The van der Waals surface area contributed by atoms with Crippen LogP contribution in [0.15, 0.2) is 97.2 Å². The second-order valence-electron chi connectivity index (χ2n) is 9.54. The van der Waals surface area contributed by atoms with Gasteiger partial charge in [-0.05, 0) is 67.9 Å². The molecule has 190 valence electrons. The van der Waals surface area contributed by atoms with Gasteiger partial charge < -0.3 is 19.5 Å². The van der Waals surface area contributed by atoms with Gasteiger partial charge in [-0.2, -0.15) is 5.10 Å². The molecule has 0 aliphatic carbocycles. The van der Waals surface area contributed by atoms with Crippen molar-refractivity contribution in [1.82, 2.24) is 19.2 Å². The third kappa shape index (κ3) is 4.12. The number of fused-ring (bicyclic) bond motifs is 3. The molecule has 0 saturated heterocycles. The number of nitrogens with one attached hydrogen (secondary N) is 1. The molecule has 1 atom stereocenters. The van der Waals surface area contributed by atoms with E-state index in [0.29, 0.717) is 12.2 Å². The number of anilines is 1. The molecule has 3 aromatic carbocycles. The normalized spacial score (nSPS) is 14.4. The summed E-state index contributed by atoms with van der Waals surface area (Å²) in [5, 5.41) is 8.03. The molecule has 1 N–H and O–H groups in total. The molecule has 2 aromatic heterocycles. The maximum atomic E-state index is 14.0. The Morgan fingerprint density at radius 2 is 1.74 bits per heavy atom. The van der Waals surface area contributed by atoms with Gasteiger partial charge in [0, 0.05) is 17.4 Å². The van der Waals surface area contributed by atoms with Gasteiger partial charge >= 0.3 is 6.03 Å². The summed E-state index contributed by atoms with van der Waals surface area (Å²) in [5.41, 5.74) is 6.76. The number of benzene rings is 3. The molecule has 5 aromatic rings. The van der Waals surface area contributed by atoms with Crippen LogP contribution in [0.4, 0.5) is 10.5 Å². The number of hydrogen-bond donors (Lipinski definition) is 1. The van der Waals surface area contributed by atoms with E-state index < -0.39 is 0 Å². The Hall–Kier alpha value is -4.78. The zero-order valence-electron chi connectivity index (χ0n) is 21.6. The van der Waals surface area contributed by atoms with E-state index in [9.17, 15) is 4.79 Å². The monoisotopic (exact) mass is 503 g/mol. The number of carbonyl (C=O) groups is 1. The molecule has 7 nitrogen and oxygen atoms in total. The molecular weight excluding hydrogens is 474 g/mol. The first-order valence-electron chi connectivity index (χ1n) is 12.6. The smallest absolute Gasteiger partial charge is 0.322 e. The minimum Gasteiger partial charge on any atom is -0.497 e. The van der Waals surface area contributed by atoms with Crippen molar-refractivity contribution in [3.8, 4) is 17.3 Å². The fourth-order valence-corrected chi connectivity index (χ4v) is 5.21. The van der Waals surface area contributed by atoms with E-state index in [-0.39, 0.29) is 12.1 Å². The number of urea groups is 1. The number of ether oxygens (including phenoxy) is 1. The summed E-state index contributed by atoms with van der Waals surface area (Å²) in [7, 11) is 1.63. The predicted octanol–water partition coefficient (Wildman–Crippen LogP) is 6.43. The van der Waals surface area contributed by atoms with E-state index in [1.165, 1.54) is 0 Å². The third-order valence-corrected chi connectivity index (χ3v) is 7.05. The van der Waals surface area contributed by atoms with Gasteiger partial charge in [0.05, 0.1) is 36.8 Å². The first kappa shape index (κ1) is 23.6. The third-order valence-electron chi connectivity index (χ3n) is 7.05. The molecule has 0 saturated carbocycles. The number of aromatic nitrogens is 3. The Labute approximate surface area is 221 Å². The lowest BCUT2D eigenvalue weighted by Crippen LogP contribution is -2.38. The van der Waals surface area contributed by atoms with E-state index >= 15 is 0 Å². The molecule has 38 heavy (non-hydrogen) atoms. The summed E-state index contributed by atoms with van der Waals surface area (Å²) in [4.78, 5) is 15.9. The maximum Gasteiger partial charge on any atom is 0.322 e. The van der Waals surface area contributed by atoms with E-state index in [4.69, 9.17) is 9.84 Å². The van der Waals surface area contributed by atoms with Crippen LogP contribution in [0.25, 0.3) is 11.5 Å². The summed E-state index contributed by atoms with van der Waals surface area (Å²) in [5.74, 6) is 1.69. The molecule has 1 aliphatic heterocycles. The van der Waals surface area contributed by atoms with Gasteiger partial charge in [0.25, 0.3) is 0 Å². The van der Waals surface area contributed by atoms with E-state index in [1.807, 2.05) is 83.2 Å². The Balaban J connectivity index is 1.51. The van der Waals surface area contributed by atoms with Crippen molar-refractivity contribution in [2.24, 2.45) is 0 Å². The van der Waals surface area contributed by atoms with Gasteiger partial charge in [0.2, 0.25) is 0 Å². The first-order valence-corrected chi connectivity index (χ1v) is 12.6.